The number of carbonyl (C=O) groups is 1. The van der Waals surface area contributed by atoms with Crippen LogP contribution in [0.25, 0.3) is 0 Å². The van der Waals surface area contributed by atoms with E-state index in [4.69, 9.17) is 21.1 Å². The summed E-state index contributed by atoms with van der Waals surface area (Å²) in [6.07, 6.45) is -0.00494. The Labute approximate surface area is 123 Å². The zero-order valence-electron chi connectivity index (χ0n) is 11.8. The molecule has 1 amide bonds. The molecule has 1 aromatic carbocycles. The second kappa shape index (κ2) is 8.07. The van der Waals surface area contributed by atoms with Crippen LogP contribution in [0.4, 0.5) is 4.39 Å². The van der Waals surface area contributed by atoms with E-state index >= 15 is 0 Å². The van der Waals surface area contributed by atoms with Gasteiger partial charge in [-0.2, -0.15) is 0 Å². The van der Waals surface area contributed by atoms with Crippen LogP contribution >= 0.6 is 11.6 Å². The van der Waals surface area contributed by atoms with Crippen molar-refractivity contribution < 1.29 is 18.7 Å². The number of carbonyl (C=O) groups excluding carboxylic acids is 1. The number of amides is 1. The van der Waals surface area contributed by atoms with Crippen molar-refractivity contribution in [1.29, 1.82) is 0 Å². The molecule has 0 spiro atoms. The fourth-order valence-corrected chi connectivity index (χ4v) is 1.75. The van der Waals surface area contributed by atoms with E-state index in [1.54, 1.807) is 14.0 Å². The first kappa shape index (κ1) is 16.7. The fourth-order valence-electron chi connectivity index (χ4n) is 1.54. The lowest BCUT2D eigenvalue weighted by atomic mass is 10.2. The Morgan fingerprint density at radius 3 is 2.75 bits per heavy atom. The minimum atomic E-state index is -0.719. The van der Waals surface area contributed by atoms with Crippen LogP contribution in [0.5, 0.6) is 5.75 Å². The van der Waals surface area contributed by atoms with Crippen LogP contribution in [-0.2, 0) is 9.53 Å². The van der Waals surface area contributed by atoms with Crippen LogP contribution in [0.3, 0.4) is 0 Å². The fraction of sp³-hybridized carbons (Fsp3) is 0.500. The molecular formula is C14H19ClFNO3. The molecule has 0 heterocycles. The number of methoxy groups -OCH3 is 1. The van der Waals surface area contributed by atoms with Crippen molar-refractivity contribution in [2.24, 2.45) is 0 Å². The quantitative estimate of drug-likeness (QED) is 0.842. The number of rotatable bonds is 7. The van der Waals surface area contributed by atoms with Gasteiger partial charge in [-0.3, -0.25) is 4.79 Å². The first-order valence-electron chi connectivity index (χ1n) is 6.35. The molecule has 0 saturated carbocycles. The molecule has 0 aliphatic carbocycles. The van der Waals surface area contributed by atoms with Gasteiger partial charge in [0.15, 0.2) is 6.10 Å². The molecule has 2 atom stereocenters. The Morgan fingerprint density at radius 1 is 1.45 bits per heavy atom. The van der Waals surface area contributed by atoms with Crippen LogP contribution < -0.4 is 10.1 Å². The highest BCUT2D eigenvalue weighted by atomic mass is 35.5. The van der Waals surface area contributed by atoms with Gasteiger partial charge in [0.1, 0.15) is 11.6 Å². The molecule has 0 unspecified atom stereocenters. The maximum absolute atomic E-state index is 12.9. The number of hydrogen-bond acceptors (Lipinski definition) is 3. The van der Waals surface area contributed by atoms with Gasteiger partial charge in [-0.1, -0.05) is 11.6 Å². The molecular weight excluding hydrogens is 285 g/mol. The van der Waals surface area contributed by atoms with Crippen molar-refractivity contribution in [2.75, 3.05) is 13.7 Å². The topological polar surface area (TPSA) is 47.6 Å². The van der Waals surface area contributed by atoms with Gasteiger partial charge >= 0.3 is 0 Å². The Kier molecular flexibility index (Phi) is 6.75. The SMILES string of the molecule is COCC[C@@H](C)NC(=O)[C@@H](C)Oc1ccc(F)cc1Cl. The summed E-state index contributed by atoms with van der Waals surface area (Å²) >= 11 is 5.84. The molecule has 0 radical (unpaired) electrons. The molecule has 0 fully saturated rings. The Morgan fingerprint density at radius 2 is 2.15 bits per heavy atom. The van der Waals surface area contributed by atoms with Crippen LogP contribution in [-0.4, -0.2) is 31.8 Å². The zero-order chi connectivity index (χ0) is 15.1. The molecule has 0 aromatic heterocycles. The standard InChI is InChI=1S/C14H19ClFNO3/c1-9(6-7-19-3)17-14(18)10(2)20-13-5-4-11(16)8-12(13)15/h4-5,8-10H,6-7H2,1-3H3,(H,17,18)/t9-,10-/m1/s1. The monoisotopic (exact) mass is 303 g/mol. The average molecular weight is 304 g/mol. The highest BCUT2D eigenvalue weighted by molar-refractivity contribution is 6.32. The summed E-state index contributed by atoms with van der Waals surface area (Å²) < 4.78 is 23.3. The van der Waals surface area contributed by atoms with E-state index in [0.29, 0.717) is 13.0 Å². The van der Waals surface area contributed by atoms with Crippen molar-refractivity contribution in [3.05, 3.63) is 29.0 Å². The number of halogens is 2. The minimum absolute atomic E-state index is 0.0165. The molecule has 1 aromatic rings. The van der Waals surface area contributed by atoms with Crippen LogP contribution in [0.15, 0.2) is 18.2 Å². The molecule has 0 aliphatic heterocycles. The third-order valence-corrected chi connectivity index (χ3v) is 3.01. The van der Waals surface area contributed by atoms with Gasteiger partial charge in [0, 0.05) is 19.8 Å². The van der Waals surface area contributed by atoms with Crippen molar-refractivity contribution in [1.82, 2.24) is 5.32 Å². The number of nitrogens with one attached hydrogen (secondary N) is 1. The summed E-state index contributed by atoms with van der Waals surface area (Å²) in [5.74, 6) is -0.429. The summed E-state index contributed by atoms with van der Waals surface area (Å²) in [5, 5.41) is 2.94. The van der Waals surface area contributed by atoms with Crippen molar-refractivity contribution in [3.63, 3.8) is 0 Å². The largest absolute Gasteiger partial charge is 0.479 e. The summed E-state index contributed by atoms with van der Waals surface area (Å²) in [7, 11) is 1.61. The Hall–Kier alpha value is -1.33. The first-order chi connectivity index (χ1) is 9.43. The van der Waals surface area contributed by atoms with E-state index in [1.165, 1.54) is 12.1 Å². The van der Waals surface area contributed by atoms with Gasteiger partial charge in [0.25, 0.3) is 5.91 Å². The summed E-state index contributed by atoms with van der Waals surface area (Å²) in [4.78, 5) is 11.9. The van der Waals surface area contributed by atoms with Gasteiger partial charge in [0.05, 0.1) is 5.02 Å². The number of hydrogen-bond donors (Lipinski definition) is 1. The second-order valence-electron chi connectivity index (χ2n) is 4.53. The van der Waals surface area contributed by atoms with Crippen molar-refractivity contribution in [3.8, 4) is 5.75 Å². The lowest BCUT2D eigenvalue weighted by Gasteiger charge is -2.19. The lowest BCUT2D eigenvalue weighted by Crippen LogP contribution is -2.41. The normalized spacial score (nSPS) is 13.7. The number of ether oxygens (including phenoxy) is 2. The molecule has 0 bridgehead atoms. The van der Waals surface area contributed by atoms with E-state index < -0.39 is 11.9 Å². The summed E-state index contributed by atoms with van der Waals surface area (Å²) in [6, 6.07) is 3.75. The Bertz CT molecular complexity index is 456. The van der Waals surface area contributed by atoms with E-state index in [-0.39, 0.29) is 22.7 Å². The van der Waals surface area contributed by atoms with E-state index in [0.717, 1.165) is 6.07 Å². The molecule has 0 saturated heterocycles. The minimum Gasteiger partial charge on any atom is -0.479 e. The molecule has 1 rings (SSSR count). The van der Waals surface area contributed by atoms with Gasteiger partial charge < -0.3 is 14.8 Å². The first-order valence-corrected chi connectivity index (χ1v) is 6.73. The van der Waals surface area contributed by atoms with Gasteiger partial charge in [-0.05, 0) is 38.5 Å². The van der Waals surface area contributed by atoms with Gasteiger partial charge in [0.2, 0.25) is 0 Å². The average Bonchev–Trinajstić information content (AvgIpc) is 2.39. The predicted molar refractivity (Wildman–Crippen MR) is 75.6 cm³/mol. The van der Waals surface area contributed by atoms with E-state index in [9.17, 15) is 9.18 Å². The molecule has 6 heteroatoms. The molecule has 112 valence electrons. The van der Waals surface area contributed by atoms with Crippen molar-refractivity contribution >= 4 is 17.5 Å². The van der Waals surface area contributed by atoms with Crippen LogP contribution in [0.2, 0.25) is 5.02 Å². The number of benzene rings is 1. The second-order valence-corrected chi connectivity index (χ2v) is 4.93. The smallest absolute Gasteiger partial charge is 0.260 e. The third-order valence-electron chi connectivity index (χ3n) is 2.71. The van der Waals surface area contributed by atoms with Gasteiger partial charge in [-0.15, -0.1) is 0 Å². The summed E-state index contributed by atoms with van der Waals surface area (Å²) in [6.45, 7) is 4.06. The third kappa shape index (κ3) is 5.35. The molecule has 4 nitrogen and oxygen atoms in total. The summed E-state index contributed by atoms with van der Waals surface area (Å²) in [5.41, 5.74) is 0. The molecule has 20 heavy (non-hydrogen) atoms. The van der Waals surface area contributed by atoms with Crippen LogP contribution in [0.1, 0.15) is 20.3 Å². The predicted octanol–water partition coefficient (Wildman–Crippen LogP) is 2.79. The highest BCUT2D eigenvalue weighted by Gasteiger charge is 2.18. The van der Waals surface area contributed by atoms with Gasteiger partial charge in [-0.25, -0.2) is 4.39 Å². The van der Waals surface area contributed by atoms with E-state index in [2.05, 4.69) is 5.32 Å². The lowest BCUT2D eigenvalue weighted by molar-refractivity contribution is -0.128. The highest BCUT2D eigenvalue weighted by Crippen LogP contribution is 2.25. The van der Waals surface area contributed by atoms with E-state index in [1.807, 2.05) is 6.92 Å². The van der Waals surface area contributed by atoms with Crippen LogP contribution in [0, 0.1) is 5.82 Å². The molecule has 0 aliphatic rings. The maximum Gasteiger partial charge on any atom is 0.260 e. The Balaban J connectivity index is 2.53. The van der Waals surface area contributed by atoms with Crippen molar-refractivity contribution in [2.45, 2.75) is 32.4 Å². The zero-order valence-corrected chi connectivity index (χ0v) is 12.5. The maximum atomic E-state index is 12.9. The molecule has 1 N–H and O–H groups in total.